The van der Waals surface area contributed by atoms with Gasteiger partial charge in [-0.25, -0.2) is 4.68 Å². The molecule has 0 unspecified atom stereocenters. The molecule has 0 aliphatic heterocycles. The van der Waals surface area contributed by atoms with Crippen LogP contribution < -0.4 is 0 Å². The number of para-hydroxylation sites is 1. The molecule has 0 aliphatic rings. The van der Waals surface area contributed by atoms with Crippen LogP contribution in [0.2, 0.25) is 0 Å². The van der Waals surface area contributed by atoms with Crippen LogP contribution in [0.1, 0.15) is 11.3 Å². The maximum atomic E-state index is 4.34. The quantitative estimate of drug-likeness (QED) is 0.750. The number of benzene rings is 1. The molecule has 1 aromatic heterocycles. The SMILES string of the molecule is Cc1c(CBr)cnn1-c1ccccc1. The lowest BCUT2D eigenvalue weighted by atomic mass is 10.3. The smallest absolute Gasteiger partial charge is 0.0648 e. The van der Waals surface area contributed by atoms with Gasteiger partial charge in [0, 0.05) is 16.6 Å². The Morgan fingerprint density at radius 2 is 2.00 bits per heavy atom. The van der Waals surface area contributed by atoms with E-state index in [9.17, 15) is 0 Å². The molecule has 1 heterocycles. The Labute approximate surface area is 91.7 Å². The molecular weight excluding hydrogens is 240 g/mol. The summed E-state index contributed by atoms with van der Waals surface area (Å²) in [6, 6.07) is 10.2. The second-order valence-corrected chi connectivity index (χ2v) is 3.70. The van der Waals surface area contributed by atoms with Gasteiger partial charge in [0.25, 0.3) is 0 Å². The highest BCUT2D eigenvalue weighted by Crippen LogP contribution is 2.15. The number of halogens is 1. The molecule has 0 N–H and O–H groups in total. The Morgan fingerprint density at radius 1 is 1.29 bits per heavy atom. The van der Waals surface area contributed by atoms with E-state index in [0.29, 0.717) is 0 Å². The fraction of sp³-hybridized carbons (Fsp3) is 0.182. The maximum absolute atomic E-state index is 4.34. The summed E-state index contributed by atoms with van der Waals surface area (Å²) >= 11 is 3.44. The zero-order valence-corrected chi connectivity index (χ0v) is 9.53. The highest BCUT2D eigenvalue weighted by molar-refractivity contribution is 9.08. The predicted octanol–water partition coefficient (Wildman–Crippen LogP) is 3.08. The van der Waals surface area contributed by atoms with Crippen molar-refractivity contribution in [1.29, 1.82) is 0 Å². The first-order chi connectivity index (χ1) is 6.83. The van der Waals surface area contributed by atoms with Crippen molar-refractivity contribution in [2.45, 2.75) is 12.3 Å². The van der Waals surface area contributed by atoms with Crippen LogP contribution in [0.5, 0.6) is 0 Å². The van der Waals surface area contributed by atoms with Gasteiger partial charge in [0.05, 0.1) is 11.9 Å². The summed E-state index contributed by atoms with van der Waals surface area (Å²) in [7, 11) is 0. The standard InChI is InChI=1S/C11H11BrN2/c1-9-10(7-12)8-13-14(9)11-5-3-2-4-6-11/h2-6,8H,7H2,1H3. The molecule has 1 aromatic carbocycles. The van der Waals surface area contributed by atoms with Crippen molar-refractivity contribution >= 4 is 15.9 Å². The van der Waals surface area contributed by atoms with Gasteiger partial charge in [0.2, 0.25) is 0 Å². The van der Waals surface area contributed by atoms with E-state index in [2.05, 4.69) is 40.1 Å². The minimum Gasteiger partial charge on any atom is -0.238 e. The van der Waals surface area contributed by atoms with Gasteiger partial charge >= 0.3 is 0 Å². The van der Waals surface area contributed by atoms with Crippen LogP contribution in [0, 0.1) is 6.92 Å². The molecule has 0 atom stereocenters. The molecule has 0 bridgehead atoms. The molecule has 2 rings (SSSR count). The molecular formula is C11H11BrN2. The van der Waals surface area contributed by atoms with E-state index < -0.39 is 0 Å². The van der Waals surface area contributed by atoms with Gasteiger partial charge in [-0.15, -0.1) is 0 Å². The lowest BCUT2D eigenvalue weighted by molar-refractivity contribution is 0.845. The van der Waals surface area contributed by atoms with E-state index in [1.807, 2.05) is 29.1 Å². The predicted molar refractivity (Wildman–Crippen MR) is 60.9 cm³/mol. The molecule has 3 heteroatoms. The minimum absolute atomic E-state index is 0.853. The number of nitrogens with zero attached hydrogens (tertiary/aromatic N) is 2. The Bertz CT molecular complexity index is 420. The Balaban J connectivity index is 2.48. The lowest BCUT2D eigenvalue weighted by Gasteiger charge is -2.03. The first-order valence-corrected chi connectivity index (χ1v) is 5.60. The van der Waals surface area contributed by atoms with Crippen molar-refractivity contribution in [3.63, 3.8) is 0 Å². The van der Waals surface area contributed by atoms with E-state index in [-0.39, 0.29) is 0 Å². The normalized spacial score (nSPS) is 10.4. The van der Waals surface area contributed by atoms with Crippen molar-refractivity contribution in [1.82, 2.24) is 9.78 Å². The maximum Gasteiger partial charge on any atom is 0.0648 e. The molecule has 0 fully saturated rings. The summed E-state index contributed by atoms with van der Waals surface area (Å²) < 4.78 is 1.95. The van der Waals surface area contributed by atoms with Gasteiger partial charge in [0.1, 0.15) is 0 Å². The van der Waals surface area contributed by atoms with Crippen LogP contribution in [-0.4, -0.2) is 9.78 Å². The monoisotopic (exact) mass is 250 g/mol. The molecule has 0 saturated heterocycles. The van der Waals surface area contributed by atoms with E-state index in [0.717, 1.165) is 11.0 Å². The highest BCUT2D eigenvalue weighted by Gasteiger charge is 2.05. The molecule has 0 radical (unpaired) electrons. The fourth-order valence-corrected chi connectivity index (χ4v) is 1.95. The van der Waals surface area contributed by atoms with Crippen molar-refractivity contribution in [3.05, 3.63) is 47.8 Å². The second-order valence-electron chi connectivity index (χ2n) is 3.14. The molecule has 72 valence electrons. The fourth-order valence-electron chi connectivity index (χ4n) is 1.40. The van der Waals surface area contributed by atoms with Crippen LogP contribution in [0.15, 0.2) is 36.5 Å². The lowest BCUT2D eigenvalue weighted by Crippen LogP contribution is -1.98. The first-order valence-electron chi connectivity index (χ1n) is 4.48. The summed E-state index contributed by atoms with van der Waals surface area (Å²) in [5.74, 6) is 0. The first kappa shape index (κ1) is 9.46. The van der Waals surface area contributed by atoms with Gasteiger partial charge in [-0.2, -0.15) is 5.10 Å². The number of rotatable bonds is 2. The molecule has 14 heavy (non-hydrogen) atoms. The second kappa shape index (κ2) is 3.96. The molecule has 0 amide bonds. The summed E-state index contributed by atoms with van der Waals surface area (Å²) in [5.41, 5.74) is 3.53. The van der Waals surface area contributed by atoms with Crippen LogP contribution in [0.25, 0.3) is 5.69 Å². The number of alkyl halides is 1. The number of hydrogen-bond acceptors (Lipinski definition) is 1. The zero-order chi connectivity index (χ0) is 9.97. The van der Waals surface area contributed by atoms with Crippen LogP contribution in [0.3, 0.4) is 0 Å². The van der Waals surface area contributed by atoms with Crippen LogP contribution in [-0.2, 0) is 5.33 Å². The van der Waals surface area contributed by atoms with E-state index >= 15 is 0 Å². The van der Waals surface area contributed by atoms with Gasteiger partial charge in [0.15, 0.2) is 0 Å². The van der Waals surface area contributed by atoms with Gasteiger partial charge < -0.3 is 0 Å². The molecule has 0 saturated carbocycles. The van der Waals surface area contributed by atoms with Crippen molar-refractivity contribution in [2.75, 3.05) is 0 Å². The third kappa shape index (κ3) is 1.60. The van der Waals surface area contributed by atoms with E-state index in [1.165, 1.54) is 11.3 Å². The van der Waals surface area contributed by atoms with E-state index in [4.69, 9.17) is 0 Å². The van der Waals surface area contributed by atoms with Gasteiger partial charge in [-0.05, 0) is 19.1 Å². The number of hydrogen-bond donors (Lipinski definition) is 0. The molecule has 0 aliphatic carbocycles. The molecule has 2 nitrogen and oxygen atoms in total. The highest BCUT2D eigenvalue weighted by atomic mass is 79.9. The van der Waals surface area contributed by atoms with Crippen molar-refractivity contribution < 1.29 is 0 Å². The van der Waals surface area contributed by atoms with Crippen LogP contribution >= 0.6 is 15.9 Å². The topological polar surface area (TPSA) is 17.8 Å². The largest absolute Gasteiger partial charge is 0.238 e. The zero-order valence-electron chi connectivity index (χ0n) is 7.94. The average Bonchev–Trinajstić information content (AvgIpc) is 2.61. The summed E-state index contributed by atoms with van der Waals surface area (Å²) in [5, 5.41) is 5.20. The van der Waals surface area contributed by atoms with Crippen molar-refractivity contribution in [3.8, 4) is 5.69 Å². The van der Waals surface area contributed by atoms with Crippen molar-refractivity contribution in [2.24, 2.45) is 0 Å². The third-order valence-electron chi connectivity index (χ3n) is 2.26. The Morgan fingerprint density at radius 3 is 2.57 bits per heavy atom. The van der Waals surface area contributed by atoms with E-state index in [1.54, 1.807) is 0 Å². The number of aromatic nitrogens is 2. The average molecular weight is 251 g/mol. The summed E-state index contributed by atoms with van der Waals surface area (Å²) in [6.45, 7) is 2.08. The minimum atomic E-state index is 0.853. The van der Waals surface area contributed by atoms with Gasteiger partial charge in [-0.3, -0.25) is 0 Å². The molecule has 2 aromatic rings. The van der Waals surface area contributed by atoms with Crippen LogP contribution in [0.4, 0.5) is 0 Å². The summed E-state index contributed by atoms with van der Waals surface area (Å²) in [6.07, 6.45) is 1.90. The molecule has 0 spiro atoms. The summed E-state index contributed by atoms with van der Waals surface area (Å²) in [4.78, 5) is 0. The third-order valence-corrected chi connectivity index (χ3v) is 2.86. The Hall–Kier alpha value is -1.09. The van der Waals surface area contributed by atoms with Gasteiger partial charge in [-0.1, -0.05) is 34.1 Å². The Kier molecular flexibility index (Phi) is 2.68.